The van der Waals surface area contributed by atoms with Crippen LogP contribution in [0.1, 0.15) is 16.7 Å². The molecule has 1 nitrogen and oxygen atoms in total. The molecule has 0 amide bonds. The highest BCUT2D eigenvalue weighted by Crippen LogP contribution is 2.51. The molecule has 1 N–H and O–H groups in total. The Bertz CT molecular complexity index is 744. The summed E-state index contributed by atoms with van der Waals surface area (Å²) in [5.41, 5.74) is 5.54. The largest absolute Gasteiger partial charge is 0.395 e. The minimum Gasteiger partial charge on any atom is -0.395 e. The standard InChI is InChI=1S/C20H16O/c21-14-20(15-8-2-1-3-9-15)18-12-6-4-10-16(18)17-11-5-7-13-19(17)20/h1-13,21H,14H2. The van der Waals surface area contributed by atoms with Crippen molar-refractivity contribution in [3.63, 3.8) is 0 Å². The molecule has 0 aromatic heterocycles. The summed E-state index contributed by atoms with van der Waals surface area (Å²) in [6.07, 6.45) is 0. The van der Waals surface area contributed by atoms with Crippen LogP contribution in [0.4, 0.5) is 0 Å². The molecule has 0 atom stereocenters. The second-order valence-electron chi connectivity index (χ2n) is 5.52. The molecule has 1 heteroatoms. The van der Waals surface area contributed by atoms with Crippen molar-refractivity contribution in [3.05, 3.63) is 95.6 Å². The van der Waals surface area contributed by atoms with Gasteiger partial charge in [-0.2, -0.15) is 0 Å². The van der Waals surface area contributed by atoms with E-state index in [4.69, 9.17) is 0 Å². The number of hydrogen-bond donors (Lipinski definition) is 1. The van der Waals surface area contributed by atoms with Crippen molar-refractivity contribution in [3.8, 4) is 11.1 Å². The first-order valence-electron chi connectivity index (χ1n) is 7.24. The average molecular weight is 272 g/mol. The Morgan fingerprint density at radius 1 is 0.619 bits per heavy atom. The van der Waals surface area contributed by atoms with Gasteiger partial charge in [-0.25, -0.2) is 0 Å². The van der Waals surface area contributed by atoms with Gasteiger partial charge >= 0.3 is 0 Å². The van der Waals surface area contributed by atoms with Crippen molar-refractivity contribution in [2.75, 3.05) is 6.61 Å². The first-order chi connectivity index (χ1) is 10.4. The Morgan fingerprint density at radius 3 is 1.62 bits per heavy atom. The van der Waals surface area contributed by atoms with E-state index in [2.05, 4.69) is 60.7 Å². The maximum atomic E-state index is 10.4. The molecular weight excluding hydrogens is 256 g/mol. The van der Waals surface area contributed by atoms with Crippen LogP contribution >= 0.6 is 0 Å². The van der Waals surface area contributed by atoms with E-state index in [-0.39, 0.29) is 6.61 Å². The topological polar surface area (TPSA) is 20.2 Å². The van der Waals surface area contributed by atoms with Crippen LogP contribution in [0.2, 0.25) is 0 Å². The van der Waals surface area contributed by atoms with E-state index in [1.54, 1.807) is 0 Å². The number of aliphatic hydroxyl groups excluding tert-OH is 1. The Kier molecular flexibility index (Phi) is 2.69. The van der Waals surface area contributed by atoms with Gasteiger partial charge < -0.3 is 5.11 Å². The summed E-state index contributed by atoms with van der Waals surface area (Å²) in [5, 5.41) is 10.4. The fourth-order valence-electron chi connectivity index (χ4n) is 3.62. The van der Waals surface area contributed by atoms with E-state index >= 15 is 0 Å². The van der Waals surface area contributed by atoms with Crippen molar-refractivity contribution >= 4 is 0 Å². The van der Waals surface area contributed by atoms with E-state index in [9.17, 15) is 5.11 Å². The normalized spacial score (nSPS) is 14.5. The van der Waals surface area contributed by atoms with Crippen molar-refractivity contribution in [2.24, 2.45) is 0 Å². The van der Waals surface area contributed by atoms with Gasteiger partial charge in [0.15, 0.2) is 0 Å². The molecule has 0 bridgehead atoms. The van der Waals surface area contributed by atoms with Gasteiger partial charge in [0.2, 0.25) is 0 Å². The molecule has 0 heterocycles. The van der Waals surface area contributed by atoms with Gasteiger partial charge in [0, 0.05) is 0 Å². The molecule has 3 aromatic rings. The van der Waals surface area contributed by atoms with Crippen molar-refractivity contribution < 1.29 is 5.11 Å². The zero-order valence-electron chi connectivity index (χ0n) is 11.7. The zero-order chi connectivity index (χ0) is 14.3. The zero-order valence-corrected chi connectivity index (χ0v) is 11.7. The lowest BCUT2D eigenvalue weighted by atomic mass is 9.73. The molecule has 0 fully saturated rings. The molecule has 102 valence electrons. The summed E-state index contributed by atoms with van der Waals surface area (Å²) in [7, 11) is 0. The third-order valence-electron chi connectivity index (χ3n) is 4.57. The van der Waals surface area contributed by atoms with Gasteiger partial charge in [-0.15, -0.1) is 0 Å². The number of rotatable bonds is 2. The number of fused-ring (bicyclic) bond motifs is 3. The molecule has 4 rings (SSSR count). The molecule has 0 radical (unpaired) electrons. The molecule has 1 aliphatic carbocycles. The number of hydrogen-bond acceptors (Lipinski definition) is 1. The van der Waals surface area contributed by atoms with E-state index < -0.39 is 5.41 Å². The second-order valence-corrected chi connectivity index (χ2v) is 5.52. The first kappa shape index (κ1) is 12.4. The minimum absolute atomic E-state index is 0.0744. The highest BCUT2D eigenvalue weighted by Gasteiger charge is 2.43. The van der Waals surface area contributed by atoms with Crippen LogP contribution in [0.3, 0.4) is 0 Å². The first-order valence-corrected chi connectivity index (χ1v) is 7.24. The molecule has 1 aliphatic rings. The fourth-order valence-corrected chi connectivity index (χ4v) is 3.62. The van der Waals surface area contributed by atoms with Gasteiger partial charge in [-0.1, -0.05) is 78.9 Å². The fraction of sp³-hybridized carbons (Fsp3) is 0.100. The predicted molar refractivity (Wildman–Crippen MR) is 85.3 cm³/mol. The monoisotopic (exact) mass is 272 g/mol. The molecular formula is C20H16O. The summed E-state index contributed by atoms with van der Waals surface area (Å²) in [5.74, 6) is 0. The van der Waals surface area contributed by atoms with Crippen LogP contribution in [0.5, 0.6) is 0 Å². The summed E-state index contributed by atoms with van der Waals surface area (Å²) in [4.78, 5) is 0. The van der Waals surface area contributed by atoms with Crippen molar-refractivity contribution in [1.82, 2.24) is 0 Å². The van der Waals surface area contributed by atoms with Gasteiger partial charge in [0.1, 0.15) is 0 Å². The number of aliphatic hydroxyl groups is 1. The van der Waals surface area contributed by atoms with E-state index in [0.717, 1.165) is 5.56 Å². The Balaban J connectivity index is 2.12. The smallest absolute Gasteiger partial charge is 0.0694 e. The molecule has 0 saturated heterocycles. The Morgan fingerprint density at radius 2 is 1.10 bits per heavy atom. The molecule has 0 unspecified atom stereocenters. The quantitative estimate of drug-likeness (QED) is 0.747. The summed E-state index contributed by atoms with van der Waals surface area (Å²) in [6.45, 7) is 0.0744. The third kappa shape index (κ3) is 1.55. The Labute approximate surface area is 124 Å². The highest BCUT2D eigenvalue weighted by molar-refractivity contribution is 5.83. The predicted octanol–water partition coefficient (Wildman–Crippen LogP) is 3.99. The average Bonchev–Trinajstić information content (AvgIpc) is 2.87. The second kappa shape index (κ2) is 4.57. The van der Waals surface area contributed by atoms with Gasteiger partial charge in [0.25, 0.3) is 0 Å². The summed E-state index contributed by atoms with van der Waals surface area (Å²) in [6, 6.07) is 27.1. The van der Waals surface area contributed by atoms with Crippen molar-refractivity contribution in [1.29, 1.82) is 0 Å². The summed E-state index contributed by atoms with van der Waals surface area (Å²) < 4.78 is 0. The van der Waals surface area contributed by atoms with Crippen LogP contribution in [-0.2, 0) is 5.41 Å². The molecule has 0 spiro atoms. The maximum absolute atomic E-state index is 10.4. The molecule has 0 aliphatic heterocycles. The van der Waals surface area contributed by atoms with Crippen molar-refractivity contribution in [2.45, 2.75) is 5.41 Å². The van der Waals surface area contributed by atoms with Crippen LogP contribution in [0.25, 0.3) is 11.1 Å². The van der Waals surface area contributed by atoms with Gasteiger partial charge in [-0.05, 0) is 27.8 Å². The highest BCUT2D eigenvalue weighted by atomic mass is 16.3. The van der Waals surface area contributed by atoms with Gasteiger partial charge in [0.05, 0.1) is 12.0 Å². The summed E-state index contributed by atoms with van der Waals surface area (Å²) >= 11 is 0. The van der Waals surface area contributed by atoms with Gasteiger partial charge in [-0.3, -0.25) is 0 Å². The lowest BCUT2D eigenvalue weighted by molar-refractivity contribution is 0.245. The van der Waals surface area contributed by atoms with Crippen LogP contribution in [-0.4, -0.2) is 11.7 Å². The lowest BCUT2D eigenvalue weighted by Crippen LogP contribution is -2.31. The minimum atomic E-state index is -0.450. The van der Waals surface area contributed by atoms with Crippen LogP contribution in [0.15, 0.2) is 78.9 Å². The molecule has 0 saturated carbocycles. The van der Waals surface area contributed by atoms with E-state index in [0.29, 0.717) is 0 Å². The van der Waals surface area contributed by atoms with Crippen LogP contribution in [0, 0.1) is 0 Å². The number of benzene rings is 3. The maximum Gasteiger partial charge on any atom is 0.0694 e. The van der Waals surface area contributed by atoms with Crippen LogP contribution < -0.4 is 0 Å². The lowest BCUT2D eigenvalue weighted by Gasteiger charge is -2.30. The molecule has 3 aromatic carbocycles. The molecule has 21 heavy (non-hydrogen) atoms. The Hall–Kier alpha value is -2.38. The van der Waals surface area contributed by atoms with E-state index in [1.165, 1.54) is 22.3 Å². The third-order valence-corrected chi connectivity index (χ3v) is 4.57. The SMILES string of the molecule is OCC1(c2ccccc2)c2ccccc2-c2ccccc21. The van der Waals surface area contributed by atoms with E-state index in [1.807, 2.05) is 18.2 Å².